The van der Waals surface area contributed by atoms with Crippen LogP contribution < -0.4 is 5.32 Å². The SMILES string of the molecule is CNC1CCN(C(=O)Cc2cc(F)c(Br)cc2F)CC1. The first kappa shape index (κ1) is 15.4. The van der Waals surface area contributed by atoms with Gasteiger partial charge in [0.1, 0.15) is 11.6 Å². The molecule has 1 N–H and O–H groups in total. The summed E-state index contributed by atoms with van der Waals surface area (Å²) >= 11 is 2.92. The summed E-state index contributed by atoms with van der Waals surface area (Å²) in [6, 6.07) is 2.57. The van der Waals surface area contributed by atoms with Gasteiger partial charge in [0, 0.05) is 24.7 Å². The Bertz CT molecular complexity index is 502. The molecule has 1 aromatic carbocycles. The van der Waals surface area contributed by atoms with Gasteiger partial charge in [-0.25, -0.2) is 8.78 Å². The van der Waals surface area contributed by atoms with E-state index in [9.17, 15) is 13.6 Å². The van der Waals surface area contributed by atoms with Crippen molar-refractivity contribution < 1.29 is 13.6 Å². The van der Waals surface area contributed by atoms with E-state index in [-0.39, 0.29) is 22.4 Å². The van der Waals surface area contributed by atoms with Crippen molar-refractivity contribution in [2.45, 2.75) is 25.3 Å². The molecule has 0 spiro atoms. The van der Waals surface area contributed by atoms with Crippen LogP contribution in [-0.4, -0.2) is 37.0 Å². The number of nitrogens with zero attached hydrogens (tertiary/aromatic N) is 1. The highest BCUT2D eigenvalue weighted by molar-refractivity contribution is 9.10. The largest absolute Gasteiger partial charge is 0.342 e. The van der Waals surface area contributed by atoms with Gasteiger partial charge in [-0.3, -0.25) is 4.79 Å². The van der Waals surface area contributed by atoms with E-state index < -0.39 is 11.6 Å². The minimum Gasteiger partial charge on any atom is -0.342 e. The first-order valence-electron chi connectivity index (χ1n) is 6.59. The fourth-order valence-corrected chi connectivity index (χ4v) is 2.71. The number of hydrogen-bond acceptors (Lipinski definition) is 2. The second-order valence-electron chi connectivity index (χ2n) is 4.98. The highest BCUT2D eigenvalue weighted by Gasteiger charge is 2.22. The van der Waals surface area contributed by atoms with Crippen molar-refractivity contribution in [1.29, 1.82) is 0 Å². The lowest BCUT2D eigenvalue weighted by atomic mass is 10.0. The summed E-state index contributed by atoms with van der Waals surface area (Å²) < 4.78 is 27.2. The molecule has 1 aromatic rings. The minimum absolute atomic E-state index is 0.0704. The second-order valence-corrected chi connectivity index (χ2v) is 5.83. The molecule has 0 atom stereocenters. The molecule has 6 heteroatoms. The van der Waals surface area contributed by atoms with Gasteiger partial charge >= 0.3 is 0 Å². The summed E-state index contributed by atoms with van der Waals surface area (Å²) in [4.78, 5) is 13.8. The predicted octanol–water partition coefficient (Wildman–Crippen LogP) is 2.48. The van der Waals surface area contributed by atoms with E-state index in [4.69, 9.17) is 0 Å². The smallest absolute Gasteiger partial charge is 0.227 e. The molecule has 0 saturated carbocycles. The Morgan fingerprint density at radius 1 is 1.35 bits per heavy atom. The number of amides is 1. The van der Waals surface area contributed by atoms with Gasteiger partial charge in [-0.15, -0.1) is 0 Å². The molecule has 1 amide bonds. The summed E-state index contributed by atoms with van der Waals surface area (Å²) in [7, 11) is 1.90. The summed E-state index contributed by atoms with van der Waals surface area (Å²) in [5.74, 6) is -1.26. The monoisotopic (exact) mass is 346 g/mol. The Labute approximate surface area is 125 Å². The Morgan fingerprint density at radius 3 is 2.60 bits per heavy atom. The molecule has 0 radical (unpaired) electrons. The maximum Gasteiger partial charge on any atom is 0.227 e. The van der Waals surface area contributed by atoms with Crippen molar-refractivity contribution in [3.05, 3.63) is 33.8 Å². The highest BCUT2D eigenvalue weighted by Crippen LogP contribution is 2.21. The molecule has 1 aliphatic heterocycles. The summed E-state index contributed by atoms with van der Waals surface area (Å²) in [5, 5.41) is 3.18. The standard InChI is InChI=1S/C14H17BrF2N2O/c1-18-10-2-4-19(5-3-10)14(20)7-9-6-13(17)11(15)8-12(9)16/h6,8,10,18H,2-5,7H2,1H3. The molecule has 0 aliphatic carbocycles. The van der Waals surface area contributed by atoms with E-state index in [0.29, 0.717) is 19.1 Å². The third-order valence-corrected chi connectivity index (χ3v) is 4.29. The molecule has 0 aromatic heterocycles. The summed E-state index contributed by atoms with van der Waals surface area (Å²) in [6.07, 6.45) is 1.68. The lowest BCUT2D eigenvalue weighted by Crippen LogP contribution is -2.44. The van der Waals surface area contributed by atoms with E-state index in [1.165, 1.54) is 0 Å². The van der Waals surface area contributed by atoms with E-state index in [2.05, 4.69) is 21.2 Å². The molecule has 1 fully saturated rings. The molecular formula is C14H17BrF2N2O. The number of halogens is 3. The van der Waals surface area contributed by atoms with Crippen LogP contribution in [0.25, 0.3) is 0 Å². The van der Waals surface area contributed by atoms with Crippen LogP contribution in [0, 0.1) is 11.6 Å². The van der Waals surface area contributed by atoms with E-state index in [1.54, 1.807) is 4.90 Å². The molecule has 20 heavy (non-hydrogen) atoms. The lowest BCUT2D eigenvalue weighted by Gasteiger charge is -2.32. The highest BCUT2D eigenvalue weighted by atomic mass is 79.9. The Kier molecular flexibility index (Phi) is 5.10. The lowest BCUT2D eigenvalue weighted by molar-refractivity contribution is -0.131. The molecule has 1 aliphatic rings. The number of nitrogens with one attached hydrogen (secondary N) is 1. The number of rotatable bonds is 3. The molecule has 1 heterocycles. The van der Waals surface area contributed by atoms with Gasteiger partial charge in [0.25, 0.3) is 0 Å². The van der Waals surface area contributed by atoms with Crippen LogP contribution in [0.5, 0.6) is 0 Å². The van der Waals surface area contributed by atoms with Crippen LogP contribution in [0.1, 0.15) is 18.4 Å². The van der Waals surface area contributed by atoms with Crippen LogP contribution in [0.3, 0.4) is 0 Å². The van der Waals surface area contributed by atoms with Crippen LogP contribution in [-0.2, 0) is 11.2 Å². The zero-order valence-corrected chi connectivity index (χ0v) is 12.8. The Hall–Kier alpha value is -1.01. The zero-order chi connectivity index (χ0) is 14.7. The summed E-state index contributed by atoms with van der Waals surface area (Å²) in [5.41, 5.74) is 0.103. The van der Waals surface area contributed by atoms with Crippen molar-refractivity contribution >= 4 is 21.8 Å². The van der Waals surface area contributed by atoms with Crippen molar-refractivity contribution in [2.24, 2.45) is 0 Å². The maximum atomic E-state index is 13.7. The predicted molar refractivity (Wildman–Crippen MR) is 76.4 cm³/mol. The second kappa shape index (κ2) is 6.63. The minimum atomic E-state index is -0.559. The van der Waals surface area contributed by atoms with Crippen LogP contribution in [0.4, 0.5) is 8.78 Å². The van der Waals surface area contributed by atoms with Crippen molar-refractivity contribution in [3.8, 4) is 0 Å². The molecule has 0 unspecified atom stereocenters. The van der Waals surface area contributed by atoms with Crippen molar-refractivity contribution in [2.75, 3.05) is 20.1 Å². The molecule has 1 saturated heterocycles. The van der Waals surface area contributed by atoms with E-state index >= 15 is 0 Å². The first-order chi connectivity index (χ1) is 9.51. The number of piperidine rings is 1. The van der Waals surface area contributed by atoms with Gasteiger partial charge in [0.05, 0.1) is 10.9 Å². The van der Waals surface area contributed by atoms with Crippen molar-refractivity contribution in [1.82, 2.24) is 10.2 Å². The molecule has 0 bridgehead atoms. The molecule has 3 nitrogen and oxygen atoms in total. The van der Waals surface area contributed by atoms with Crippen molar-refractivity contribution in [3.63, 3.8) is 0 Å². The molecular weight excluding hydrogens is 330 g/mol. The average Bonchev–Trinajstić information content (AvgIpc) is 2.44. The van der Waals surface area contributed by atoms with Gasteiger partial charge in [-0.1, -0.05) is 0 Å². The Balaban J connectivity index is 2.00. The third-order valence-electron chi connectivity index (χ3n) is 3.69. The fourth-order valence-electron chi connectivity index (χ4n) is 2.39. The topological polar surface area (TPSA) is 32.3 Å². The van der Waals surface area contributed by atoms with Crippen LogP contribution >= 0.6 is 15.9 Å². The van der Waals surface area contributed by atoms with Gasteiger partial charge in [-0.2, -0.15) is 0 Å². The van der Waals surface area contributed by atoms with Gasteiger partial charge in [-0.05, 0) is 48.0 Å². The maximum absolute atomic E-state index is 13.7. The fraction of sp³-hybridized carbons (Fsp3) is 0.500. The van der Waals surface area contributed by atoms with E-state index in [1.807, 2.05) is 7.05 Å². The quantitative estimate of drug-likeness (QED) is 0.852. The van der Waals surface area contributed by atoms with E-state index in [0.717, 1.165) is 25.0 Å². The third kappa shape index (κ3) is 3.55. The summed E-state index contributed by atoms with van der Waals surface area (Å²) in [6.45, 7) is 1.32. The zero-order valence-electron chi connectivity index (χ0n) is 11.3. The first-order valence-corrected chi connectivity index (χ1v) is 7.39. The number of hydrogen-bond donors (Lipinski definition) is 1. The van der Waals surface area contributed by atoms with Crippen LogP contribution in [0.2, 0.25) is 0 Å². The van der Waals surface area contributed by atoms with Gasteiger partial charge < -0.3 is 10.2 Å². The average molecular weight is 347 g/mol. The van der Waals surface area contributed by atoms with Crippen LogP contribution in [0.15, 0.2) is 16.6 Å². The number of likely N-dealkylation sites (tertiary alicyclic amines) is 1. The number of benzene rings is 1. The molecule has 110 valence electrons. The number of carbonyl (C=O) groups is 1. The van der Waals surface area contributed by atoms with Gasteiger partial charge in [0.15, 0.2) is 0 Å². The molecule has 2 rings (SSSR count). The Morgan fingerprint density at radius 2 is 2.00 bits per heavy atom. The normalized spacial score (nSPS) is 16.5. The van der Waals surface area contributed by atoms with Gasteiger partial charge in [0.2, 0.25) is 5.91 Å². The number of carbonyl (C=O) groups excluding carboxylic acids is 1.